The average Bonchev–Trinajstić information content (AvgIpc) is 2.19. The Bertz CT molecular complexity index is 130. The molecule has 1 heterocycles. The van der Waals surface area contributed by atoms with Crippen LogP contribution in [0.1, 0.15) is 32.1 Å². The first-order valence-corrected chi connectivity index (χ1v) is 5.35. The Morgan fingerprint density at radius 2 is 2.38 bits per heavy atom. The van der Waals surface area contributed by atoms with Gasteiger partial charge in [-0.15, -0.1) is 6.58 Å². The van der Waals surface area contributed by atoms with Crippen LogP contribution in [-0.2, 0) is 4.74 Å². The van der Waals surface area contributed by atoms with Crippen LogP contribution < -0.4 is 5.32 Å². The van der Waals surface area contributed by atoms with Crippen molar-refractivity contribution in [1.82, 2.24) is 5.32 Å². The first-order valence-electron chi connectivity index (χ1n) is 5.35. The van der Waals surface area contributed by atoms with Crippen LogP contribution in [0.5, 0.6) is 0 Å². The van der Waals surface area contributed by atoms with Crippen LogP contribution >= 0.6 is 0 Å². The van der Waals surface area contributed by atoms with E-state index < -0.39 is 0 Å². The average molecular weight is 183 g/mol. The molecule has 1 saturated heterocycles. The Hall–Kier alpha value is -0.340. The van der Waals surface area contributed by atoms with Gasteiger partial charge in [0, 0.05) is 12.6 Å². The van der Waals surface area contributed by atoms with Crippen LogP contribution in [-0.4, -0.2) is 25.8 Å². The Kier molecular flexibility index (Phi) is 5.87. The van der Waals surface area contributed by atoms with E-state index in [1.165, 1.54) is 25.8 Å². The fraction of sp³-hybridized carbons (Fsp3) is 0.818. The van der Waals surface area contributed by atoms with Gasteiger partial charge >= 0.3 is 0 Å². The fourth-order valence-corrected chi connectivity index (χ4v) is 1.62. The molecule has 0 amide bonds. The number of piperidine rings is 1. The van der Waals surface area contributed by atoms with E-state index in [9.17, 15) is 0 Å². The van der Waals surface area contributed by atoms with E-state index >= 15 is 0 Å². The highest BCUT2D eigenvalue weighted by Crippen LogP contribution is 2.07. The van der Waals surface area contributed by atoms with Crippen LogP contribution in [0.4, 0.5) is 0 Å². The van der Waals surface area contributed by atoms with Gasteiger partial charge in [0.25, 0.3) is 0 Å². The predicted octanol–water partition coefficient (Wildman–Crippen LogP) is 2.11. The number of rotatable bonds is 6. The molecule has 1 atom stereocenters. The van der Waals surface area contributed by atoms with Gasteiger partial charge in [-0.2, -0.15) is 0 Å². The molecular weight excluding hydrogens is 162 g/mol. The molecule has 1 aliphatic rings. The van der Waals surface area contributed by atoms with Gasteiger partial charge in [0.05, 0.1) is 6.61 Å². The first-order chi connectivity index (χ1) is 6.43. The molecular formula is C11H21NO. The predicted molar refractivity (Wildman–Crippen MR) is 55.9 cm³/mol. The molecule has 0 saturated carbocycles. The Morgan fingerprint density at radius 3 is 3.08 bits per heavy atom. The Morgan fingerprint density at radius 1 is 1.46 bits per heavy atom. The van der Waals surface area contributed by atoms with Gasteiger partial charge in [-0.1, -0.05) is 12.5 Å². The monoisotopic (exact) mass is 183 g/mol. The molecule has 76 valence electrons. The van der Waals surface area contributed by atoms with E-state index in [-0.39, 0.29) is 0 Å². The molecule has 1 unspecified atom stereocenters. The molecule has 1 rings (SSSR count). The van der Waals surface area contributed by atoms with E-state index in [1.807, 2.05) is 6.08 Å². The maximum atomic E-state index is 5.56. The molecule has 13 heavy (non-hydrogen) atoms. The largest absolute Gasteiger partial charge is 0.380 e. The highest BCUT2D eigenvalue weighted by Gasteiger charge is 2.11. The summed E-state index contributed by atoms with van der Waals surface area (Å²) in [6.45, 7) is 6.61. The molecule has 2 heteroatoms. The van der Waals surface area contributed by atoms with Crippen molar-refractivity contribution in [2.75, 3.05) is 19.8 Å². The van der Waals surface area contributed by atoms with Crippen molar-refractivity contribution in [3.05, 3.63) is 12.7 Å². The third kappa shape index (κ3) is 5.06. The maximum Gasteiger partial charge on any atom is 0.0619 e. The lowest BCUT2D eigenvalue weighted by Crippen LogP contribution is -2.37. The standard InChI is InChI=1S/C11H21NO/c1-2-3-6-9-13-10-11-7-4-5-8-12-11/h2,11-12H,1,3-10H2. The van der Waals surface area contributed by atoms with Crippen molar-refractivity contribution >= 4 is 0 Å². The third-order valence-corrected chi connectivity index (χ3v) is 2.43. The molecule has 0 spiro atoms. The summed E-state index contributed by atoms with van der Waals surface area (Å²) in [7, 11) is 0. The number of ether oxygens (including phenoxy) is 1. The molecule has 0 radical (unpaired) electrons. The lowest BCUT2D eigenvalue weighted by molar-refractivity contribution is 0.102. The molecule has 0 aliphatic carbocycles. The minimum absolute atomic E-state index is 0.609. The zero-order valence-corrected chi connectivity index (χ0v) is 8.43. The number of hydrogen-bond donors (Lipinski definition) is 1. The minimum atomic E-state index is 0.609. The summed E-state index contributed by atoms with van der Waals surface area (Å²) in [5.41, 5.74) is 0. The normalized spacial score (nSPS) is 22.9. The lowest BCUT2D eigenvalue weighted by atomic mass is 10.1. The van der Waals surface area contributed by atoms with E-state index in [2.05, 4.69) is 11.9 Å². The molecule has 1 fully saturated rings. The van der Waals surface area contributed by atoms with Crippen molar-refractivity contribution in [2.24, 2.45) is 0 Å². The zero-order chi connectivity index (χ0) is 9.36. The number of allylic oxidation sites excluding steroid dienone is 1. The summed E-state index contributed by atoms with van der Waals surface area (Å²) in [5, 5.41) is 3.46. The van der Waals surface area contributed by atoms with E-state index in [0.717, 1.165) is 26.1 Å². The van der Waals surface area contributed by atoms with Gasteiger partial charge in [0.1, 0.15) is 0 Å². The van der Waals surface area contributed by atoms with Crippen LogP contribution in [0.2, 0.25) is 0 Å². The summed E-state index contributed by atoms with van der Waals surface area (Å²) in [4.78, 5) is 0. The Labute approximate surface area is 81.4 Å². The number of nitrogens with one attached hydrogen (secondary N) is 1. The molecule has 0 aromatic rings. The topological polar surface area (TPSA) is 21.3 Å². The van der Waals surface area contributed by atoms with Crippen molar-refractivity contribution in [3.8, 4) is 0 Å². The summed E-state index contributed by atoms with van der Waals surface area (Å²) in [6.07, 6.45) is 8.08. The van der Waals surface area contributed by atoms with Gasteiger partial charge in [0.15, 0.2) is 0 Å². The van der Waals surface area contributed by atoms with Crippen molar-refractivity contribution in [1.29, 1.82) is 0 Å². The quantitative estimate of drug-likeness (QED) is 0.503. The minimum Gasteiger partial charge on any atom is -0.380 e. The Balaban J connectivity index is 1.89. The summed E-state index contributed by atoms with van der Waals surface area (Å²) in [6, 6.07) is 0.609. The summed E-state index contributed by atoms with van der Waals surface area (Å²) in [5.74, 6) is 0. The van der Waals surface area contributed by atoms with Crippen LogP contribution in [0.25, 0.3) is 0 Å². The zero-order valence-electron chi connectivity index (χ0n) is 8.43. The van der Waals surface area contributed by atoms with Crippen LogP contribution in [0.15, 0.2) is 12.7 Å². The number of unbranched alkanes of at least 4 members (excludes halogenated alkanes) is 1. The van der Waals surface area contributed by atoms with Crippen molar-refractivity contribution < 1.29 is 4.74 Å². The smallest absolute Gasteiger partial charge is 0.0619 e. The maximum absolute atomic E-state index is 5.56. The van der Waals surface area contributed by atoms with Gasteiger partial charge < -0.3 is 10.1 Å². The van der Waals surface area contributed by atoms with E-state index in [4.69, 9.17) is 4.74 Å². The summed E-state index contributed by atoms with van der Waals surface area (Å²) >= 11 is 0. The van der Waals surface area contributed by atoms with E-state index in [1.54, 1.807) is 0 Å². The molecule has 2 nitrogen and oxygen atoms in total. The van der Waals surface area contributed by atoms with E-state index in [0.29, 0.717) is 6.04 Å². The van der Waals surface area contributed by atoms with Crippen LogP contribution in [0, 0.1) is 0 Å². The molecule has 0 bridgehead atoms. The highest BCUT2D eigenvalue weighted by atomic mass is 16.5. The van der Waals surface area contributed by atoms with Gasteiger partial charge in [-0.25, -0.2) is 0 Å². The molecule has 0 aromatic carbocycles. The summed E-state index contributed by atoms with van der Waals surface area (Å²) < 4.78 is 5.56. The third-order valence-electron chi connectivity index (χ3n) is 2.43. The fourth-order valence-electron chi connectivity index (χ4n) is 1.62. The molecule has 1 aliphatic heterocycles. The highest BCUT2D eigenvalue weighted by molar-refractivity contribution is 4.71. The number of hydrogen-bond acceptors (Lipinski definition) is 2. The van der Waals surface area contributed by atoms with Gasteiger partial charge in [-0.3, -0.25) is 0 Å². The van der Waals surface area contributed by atoms with Gasteiger partial charge in [0.2, 0.25) is 0 Å². The SMILES string of the molecule is C=CCCCOCC1CCCCN1. The van der Waals surface area contributed by atoms with Gasteiger partial charge in [-0.05, 0) is 32.2 Å². The second-order valence-corrected chi connectivity index (χ2v) is 3.65. The van der Waals surface area contributed by atoms with Crippen molar-refractivity contribution in [2.45, 2.75) is 38.1 Å². The van der Waals surface area contributed by atoms with Crippen molar-refractivity contribution in [3.63, 3.8) is 0 Å². The van der Waals surface area contributed by atoms with Crippen LogP contribution in [0.3, 0.4) is 0 Å². The second kappa shape index (κ2) is 7.10. The second-order valence-electron chi connectivity index (χ2n) is 3.65. The lowest BCUT2D eigenvalue weighted by Gasteiger charge is -2.23. The molecule has 1 N–H and O–H groups in total. The molecule has 0 aromatic heterocycles. The first kappa shape index (κ1) is 10.7.